The fourth-order valence-corrected chi connectivity index (χ4v) is 3.85. The van der Waals surface area contributed by atoms with Gasteiger partial charge in [0.2, 0.25) is 5.91 Å². The molecule has 3 rings (SSSR count). The fourth-order valence-electron chi connectivity index (χ4n) is 2.80. The number of amides is 1. The number of hydrogen-bond acceptors (Lipinski definition) is 4. The zero-order valence-corrected chi connectivity index (χ0v) is 20.7. The van der Waals surface area contributed by atoms with E-state index in [0.29, 0.717) is 24.7 Å². The van der Waals surface area contributed by atoms with E-state index in [1.807, 2.05) is 73.7 Å². The Labute approximate surface area is 204 Å². The van der Waals surface area contributed by atoms with Gasteiger partial charge in [0.25, 0.3) is 0 Å². The van der Waals surface area contributed by atoms with Crippen LogP contribution in [0.3, 0.4) is 0 Å². The maximum atomic E-state index is 12.1. The van der Waals surface area contributed by atoms with Crippen LogP contribution in [0.25, 0.3) is 0 Å². The van der Waals surface area contributed by atoms with E-state index in [1.54, 1.807) is 6.21 Å². The topological polar surface area (TPSA) is 59.9 Å². The predicted molar refractivity (Wildman–Crippen MR) is 135 cm³/mol. The minimum atomic E-state index is -0.180. The second-order valence-electron chi connectivity index (χ2n) is 6.63. The smallest absolute Gasteiger partial charge is 0.244 e. The Morgan fingerprint density at radius 3 is 2.52 bits per heavy atom. The van der Waals surface area contributed by atoms with Gasteiger partial charge in [-0.3, -0.25) is 4.79 Å². The maximum Gasteiger partial charge on any atom is 0.244 e. The van der Waals surface area contributed by atoms with Crippen LogP contribution in [-0.2, 0) is 17.8 Å². The summed E-state index contributed by atoms with van der Waals surface area (Å²) in [6.07, 6.45) is 1.86. The van der Waals surface area contributed by atoms with Crippen molar-refractivity contribution in [2.24, 2.45) is 5.10 Å². The highest BCUT2D eigenvalue weighted by Crippen LogP contribution is 2.34. The van der Waals surface area contributed by atoms with Crippen LogP contribution in [-0.4, -0.2) is 18.7 Å². The normalized spacial score (nSPS) is 10.8. The molecule has 0 spiro atoms. The Morgan fingerprint density at radius 1 is 1.06 bits per heavy atom. The molecule has 1 amide bonds. The number of hydrazone groups is 1. The van der Waals surface area contributed by atoms with Crippen LogP contribution in [0.5, 0.6) is 11.5 Å². The minimum Gasteiger partial charge on any atom is -0.490 e. The van der Waals surface area contributed by atoms with Gasteiger partial charge in [-0.25, -0.2) is 5.43 Å². The number of carbonyl (C=O) groups is 1. The maximum absolute atomic E-state index is 12.1. The minimum absolute atomic E-state index is 0.180. The SMILES string of the molecule is CCOc1cc(/C=N/NC(=O)Cc2ccc(Br)cc2)cc(I)c1OCc1ccccc1. The van der Waals surface area contributed by atoms with Crippen molar-refractivity contribution in [3.63, 3.8) is 0 Å². The van der Waals surface area contributed by atoms with Crippen molar-refractivity contribution in [3.8, 4) is 11.5 Å². The van der Waals surface area contributed by atoms with Gasteiger partial charge in [-0.15, -0.1) is 0 Å². The third kappa shape index (κ3) is 7.36. The summed E-state index contributed by atoms with van der Waals surface area (Å²) < 4.78 is 13.7. The Hall–Kier alpha value is -2.39. The number of benzene rings is 3. The second kappa shape index (κ2) is 11.9. The lowest BCUT2D eigenvalue weighted by Gasteiger charge is -2.14. The summed E-state index contributed by atoms with van der Waals surface area (Å²) in [6, 6.07) is 21.4. The van der Waals surface area contributed by atoms with Crippen LogP contribution in [0.4, 0.5) is 0 Å². The van der Waals surface area contributed by atoms with Gasteiger partial charge in [0, 0.05) is 4.47 Å². The molecule has 0 aromatic heterocycles. The molecule has 0 bridgehead atoms. The van der Waals surface area contributed by atoms with E-state index in [0.717, 1.165) is 24.7 Å². The van der Waals surface area contributed by atoms with Gasteiger partial charge in [-0.1, -0.05) is 58.4 Å². The van der Waals surface area contributed by atoms with E-state index in [9.17, 15) is 4.79 Å². The van der Waals surface area contributed by atoms with Crippen LogP contribution in [0.2, 0.25) is 0 Å². The molecule has 0 aliphatic carbocycles. The molecule has 31 heavy (non-hydrogen) atoms. The van der Waals surface area contributed by atoms with Gasteiger partial charge in [0.1, 0.15) is 6.61 Å². The molecule has 0 fully saturated rings. The summed E-state index contributed by atoms with van der Waals surface area (Å²) in [6.45, 7) is 2.90. The van der Waals surface area contributed by atoms with E-state index in [2.05, 4.69) is 49.0 Å². The molecule has 0 aliphatic rings. The van der Waals surface area contributed by atoms with Crippen molar-refractivity contribution in [2.75, 3.05) is 6.61 Å². The molecule has 0 saturated carbocycles. The average Bonchev–Trinajstić information content (AvgIpc) is 2.76. The first-order valence-corrected chi connectivity index (χ1v) is 11.6. The zero-order valence-electron chi connectivity index (χ0n) is 17.0. The van der Waals surface area contributed by atoms with Crippen molar-refractivity contribution in [3.05, 3.63) is 91.5 Å². The molecule has 0 unspecified atom stereocenters. The van der Waals surface area contributed by atoms with Gasteiger partial charge >= 0.3 is 0 Å². The lowest BCUT2D eigenvalue weighted by Crippen LogP contribution is -2.19. The zero-order chi connectivity index (χ0) is 22.1. The Balaban J connectivity index is 1.65. The van der Waals surface area contributed by atoms with Crippen molar-refractivity contribution >= 4 is 50.6 Å². The second-order valence-corrected chi connectivity index (χ2v) is 8.71. The van der Waals surface area contributed by atoms with Gasteiger partial charge in [-0.2, -0.15) is 5.10 Å². The highest BCUT2D eigenvalue weighted by atomic mass is 127. The van der Waals surface area contributed by atoms with E-state index >= 15 is 0 Å². The lowest BCUT2D eigenvalue weighted by atomic mass is 10.1. The third-order valence-corrected chi connectivity index (χ3v) is 5.57. The van der Waals surface area contributed by atoms with E-state index in [-0.39, 0.29) is 12.3 Å². The fraction of sp³-hybridized carbons (Fsp3) is 0.167. The molecular formula is C24H22BrIN2O3. The van der Waals surface area contributed by atoms with Crippen LogP contribution < -0.4 is 14.9 Å². The standard InChI is InChI=1S/C24H22BrIN2O3/c1-2-30-22-13-19(12-21(26)24(22)31-16-18-6-4-3-5-7-18)15-27-28-23(29)14-17-8-10-20(25)11-9-17/h3-13,15H,2,14,16H2,1H3,(H,28,29)/b27-15+. The number of hydrogen-bond donors (Lipinski definition) is 1. The first-order chi connectivity index (χ1) is 15.0. The molecule has 0 radical (unpaired) electrons. The van der Waals surface area contributed by atoms with Gasteiger partial charge < -0.3 is 9.47 Å². The summed E-state index contributed by atoms with van der Waals surface area (Å²) in [5.41, 5.74) is 5.38. The monoisotopic (exact) mass is 592 g/mol. The molecule has 3 aromatic carbocycles. The summed E-state index contributed by atoms with van der Waals surface area (Å²) in [5.74, 6) is 1.16. The first kappa shape index (κ1) is 23.3. The van der Waals surface area contributed by atoms with Gasteiger partial charge in [0.05, 0.1) is 22.8 Å². The number of nitrogens with zero attached hydrogens (tertiary/aromatic N) is 1. The molecule has 1 N–H and O–H groups in total. The van der Waals surface area contributed by atoms with Crippen molar-refractivity contribution in [2.45, 2.75) is 20.0 Å². The van der Waals surface area contributed by atoms with E-state index in [4.69, 9.17) is 9.47 Å². The van der Waals surface area contributed by atoms with Gasteiger partial charge in [-0.05, 0) is 70.5 Å². The van der Waals surface area contributed by atoms with Crippen molar-refractivity contribution in [1.29, 1.82) is 0 Å². The molecule has 7 heteroatoms. The molecule has 160 valence electrons. The lowest BCUT2D eigenvalue weighted by molar-refractivity contribution is -0.120. The number of rotatable bonds is 9. The number of carbonyl (C=O) groups excluding carboxylic acids is 1. The summed E-state index contributed by atoms with van der Waals surface area (Å²) in [4.78, 5) is 12.1. The van der Waals surface area contributed by atoms with Crippen LogP contribution in [0.15, 0.2) is 76.3 Å². The van der Waals surface area contributed by atoms with Crippen LogP contribution >= 0.6 is 38.5 Å². The molecule has 3 aromatic rings. The number of ether oxygens (including phenoxy) is 2. The Bertz CT molecular complexity index is 1040. The molecular weight excluding hydrogens is 571 g/mol. The molecule has 0 heterocycles. The Morgan fingerprint density at radius 2 is 1.81 bits per heavy atom. The van der Waals surface area contributed by atoms with E-state index < -0.39 is 0 Å². The predicted octanol–water partition coefficient (Wildman–Crippen LogP) is 5.72. The third-order valence-electron chi connectivity index (χ3n) is 4.24. The largest absolute Gasteiger partial charge is 0.490 e. The quantitative estimate of drug-likeness (QED) is 0.196. The summed E-state index contributed by atoms with van der Waals surface area (Å²) in [7, 11) is 0. The number of halogens is 2. The summed E-state index contributed by atoms with van der Waals surface area (Å²) in [5, 5.41) is 4.09. The van der Waals surface area contributed by atoms with Crippen molar-refractivity contribution in [1.82, 2.24) is 5.43 Å². The highest BCUT2D eigenvalue weighted by Gasteiger charge is 2.12. The van der Waals surface area contributed by atoms with E-state index in [1.165, 1.54) is 0 Å². The Kier molecular flexibility index (Phi) is 8.90. The van der Waals surface area contributed by atoms with Crippen LogP contribution in [0, 0.1) is 3.57 Å². The number of nitrogens with one attached hydrogen (secondary N) is 1. The van der Waals surface area contributed by atoms with Crippen molar-refractivity contribution < 1.29 is 14.3 Å². The molecule has 0 saturated heterocycles. The average molecular weight is 593 g/mol. The van der Waals surface area contributed by atoms with Crippen LogP contribution in [0.1, 0.15) is 23.6 Å². The highest BCUT2D eigenvalue weighted by molar-refractivity contribution is 14.1. The molecule has 5 nitrogen and oxygen atoms in total. The first-order valence-electron chi connectivity index (χ1n) is 9.74. The molecule has 0 aliphatic heterocycles. The van der Waals surface area contributed by atoms with Gasteiger partial charge in [0.15, 0.2) is 11.5 Å². The molecule has 0 atom stereocenters. The summed E-state index contributed by atoms with van der Waals surface area (Å²) >= 11 is 5.60.